The molecule has 0 N–H and O–H groups in total. The van der Waals surface area contributed by atoms with Gasteiger partial charge in [-0.2, -0.15) is 5.10 Å². The zero-order valence-corrected chi connectivity index (χ0v) is 21.6. The number of fused-ring (bicyclic) bond motifs is 2. The van der Waals surface area contributed by atoms with Crippen LogP contribution in [-0.2, 0) is 11.8 Å². The van der Waals surface area contributed by atoms with Crippen LogP contribution < -0.4 is 9.64 Å². The maximum absolute atomic E-state index is 12.4. The van der Waals surface area contributed by atoms with Crippen LogP contribution in [0.1, 0.15) is 26.3 Å². The number of carbonyl (C=O) groups excluding carboxylic acids is 1. The standard InChI is InChI=1S/C26H31N7O3/c1-16-22-17(15-31(5)30-22)13-18(23(16)35-6)24-27-14-20-19(29-24)7-8-21(28-20)32-9-11-33(12-10-32)25(34)36-26(2,3)4/h7-8,13-15H,9-12H2,1-6H3. The number of rotatable bonds is 3. The largest absolute Gasteiger partial charge is 0.496 e. The highest BCUT2D eigenvalue weighted by molar-refractivity contribution is 5.91. The molecule has 0 saturated carbocycles. The highest BCUT2D eigenvalue weighted by Gasteiger charge is 2.26. The maximum Gasteiger partial charge on any atom is 0.410 e. The van der Waals surface area contributed by atoms with E-state index in [4.69, 9.17) is 19.4 Å². The van der Waals surface area contributed by atoms with Gasteiger partial charge in [-0.1, -0.05) is 0 Å². The molecule has 0 unspecified atom stereocenters. The number of aromatic nitrogens is 5. The molecule has 10 nitrogen and oxygen atoms in total. The van der Waals surface area contributed by atoms with E-state index < -0.39 is 5.60 Å². The number of aryl methyl sites for hydroxylation is 2. The molecular weight excluding hydrogens is 458 g/mol. The molecule has 188 valence electrons. The quantitative estimate of drug-likeness (QED) is 0.427. The van der Waals surface area contributed by atoms with Crippen LogP contribution in [0.25, 0.3) is 33.3 Å². The van der Waals surface area contributed by atoms with E-state index in [0.29, 0.717) is 43.3 Å². The van der Waals surface area contributed by atoms with Crippen LogP contribution in [0.4, 0.5) is 10.6 Å². The summed E-state index contributed by atoms with van der Waals surface area (Å²) >= 11 is 0. The molecule has 1 aromatic carbocycles. The molecule has 4 heterocycles. The topological polar surface area (TPSA) is 98.5 Å². The summed E-state index contributed by atoms with van der Waals surface area (Å²) in [5, 5.41) is 5.55. The fraction of sp³-hybridized carbons (Fsp3) is 0.423. The van der Waals surface area contributed by atoms with E-state index in [1.165, 1.54) is 0 Å². The summed E-state index contributed by atoms with van der Waals surface area (Å²) in [5.74, 6) is 2.13. The molecular formula is C26H31N7O3. The van der Waals surface area contributed by atoms with Crippen molar-refractivity contribution < 1.29 is 14.3 Å². The van der Waals surface area contributed by atoms with Crippen molar-refractivity contribution in [2.45, 2.75) is 33.3 Å². The first-order valence-electron chi connectivity index (χ1n) is 12.0. The fourth-order valence-corrected chi connectivity index (χ4v) is 4.53. The summed E-state index contributed by atoms with van der Waals surface area (Å²) in [6, 6.07) is 5.95. The van der Waals surface area contributed by atoms with Gasteiger partial charge in [0, 0.05) is 50.4 Å². The molecule has 0 aliphatic carbocycles. The van der Waals surface area contributed by atoms with E-state index in [2.05, 4.69) is 15.0 Å². The molecule has 0 spiro atoms. The van der Waals surface area contributed by atoms with Crippen molar-refractivity contribution in [3.63, 3.8) is 0 Å². The Kier molecular flexibility index (Phi) is 5.89. The zero-order chi connectivity index (χ0) is 25.6. The van der Waals surface area contributed by atoms with Crippen LogP contribution in [0.15, 0.2) is 30.6 Å². The molecule has 1 fully saturated rings. The number of amides is 1. The average molecular weight is 490 g/mol. The van der Waals surface area contributed by atoms with E-state index in [1.807, 2.05) is 59.1 Å². The predicted molar refractivity (Wildman–Crippen MR) is 138 cm³/mol. The zero-order valence-electron chi connectivity index (χ0n) is 21.6. The SMILES string of the molecule is COc1c(-c2ncc3nc(N4CCN(C(=O)OC(C)(C)C)CC4)ccc3n2)cc2cn(C)nc2c1C. The van der Waals surface area contributed by atoms with Gasteiger partial charge in [-0.15, -0.1) is 0 Å². The number of hydrogen-bond donors (Lipinski definition) is 0. The number of hydrogen-bond acceptors (Lipinski definition) is 8. The monoisotopic (exact) mass is 489 g/mol. The predicted octanol–water partition coefficient (Wildman–Crippen LogP) is 3.95. The number of ether oxygens (including phenoxy) is 2. The average Bonchev–Trinajstić information content (AvgIpc) is 3.23. The number of carbonyl (C=O) groups is 1. The normalized spacial score (nSPS) is 14.5. The summed E-state index contributed by atoms with van der Waals surface area (Å²) in [4.78, 5) is 30.5. The molecule has 0 atom stereocenters. The summed E-state index contributed by atoms with van der Waals surface area (Å²) < 4.78 is 13.0. The minimum absolute atomic E-state index is 0.273. The Morgan fingerprint density at radius 1 is 1.06 bits per heavy atom. The highest BCUT2D eigenvalue weighted by Crippen LogP contribution is 2.36. The minimum atomic E-state index is -0.501. The van der Waals surface area contributed by atoms with Crippen molar-refractivity contribution in [1.29, 1.82) is 0 Å². The number of nitrogens with zero attached hydrogens (tertiary/aromatic N) is 7. The van der Waals surface area contributed by atoms with Crippen molar-refractivity contribution in [1.82, 2.24) is 29.6 Å². The van der Waals surface area contributed by atoms with Gasteiger partial charge in [-0.3, -0.25) is 4.68 Å². The number of pyridine rings is 1. The Morgan fingerprint density at radius 2 is 1.81 bits per heavy atom. The van der Waals surface area contributed by atoms with Crippen molar-refractivity contribution >= 4 is 33.8 Å². The molecule has 1 aliphatic heterocycles. The Hall–Kier alpha value is -3.95. The Balaban J connectivity index is 1.38. The van der Waals surface area contributed by atoms with Crippen LogP contribution in [0.3, 0.4) is 0 Å². The number of methoxy groups -OCH3 is 1. The van der Waals surface area contributed by atoms with Gasteiger partial charge in [0.25, 0.3) is 0 Å². The van der Waals surface area contributed by atoms with Gasteiger partial charge in [-0.25, -0.2) is 19.7 Å². The third-order valence-corrected chi connectivity index (χ3v) is 6.22. The fourth-order valence-electron chi connectivity index (χ4n) is 4.53. The van der Waals surface area contributed by atoms with Gasteiger partial charge < -0.3 is 19.3 Å². The van der Waals surface area contributed by atoms with Crippen LogP contribution in [-0.4, -0.2) is 74.6 Å². The molecule has 1 aliphatic rings. The van der Waals surface area contributed by atoms with Crippen molar-refractivity contribution in [3.05, 3.63) is 36.2 Å². The van der Waals surface area contributed by atoms with Gasteiger partial charge in [0.2, 0.25) is 0 Å². The third-order valence-electron chi connectivity index (χ3n) is 6.22. The van der Waals surface area contributed by atoms with Gasteiger partial charge in [0.05, 0.1) is 29.9 Å². The summed E-state index contributed by atoms with van der Waals surface area (Å²) in [7, 11) is 3.55. The first-order valence-corrected chi connectivity index (χ1v) is 12.0. The van der Waals surface area contributed by atoms with Crippen molar-refractivity contribution in [3.8, 4) is 17.1 Å². The van der Waals surface area contributed by atoms with E-state index in [1.54, 1.807) is 22.9 Å². The van der Waals surface area contributed by atoms with Crippen molar-refractivity contribution in [2.24, 2.45) is 7.05 Å². The smallest absolute Gasteiger partial charge is 0.410 e. The Labute approximate surface area is 209 Å². The van der Waals surface area contributed by atoms with Crippen LogP contribution in [0, 0.1) is 6.92 Å². The highest BCUT2D eigenvalue weighted by atomic mass is 16.6. The number of piperazine rings is 1. The van der Waals surface area contributed by atoms with Crippen molar-refractivity contribution in [2.75, 3.05) is 38.2 Å². The van der Waals surface area contributed by atoms with Crippen LogP contribution >= 0.6 is 0 Å². The molecule has 3 aromatic heterocycles. The van der Waals surface area contributed by atoms with Crippen LogP contribution in [0.2, 0.25) is 0 Å². The van der Waals surface area contributed by atoms with Gasteiger partial charge in [-0.05, 0) is 45.9 Å². The van der Waals surface area contributed by atoms with E-state index in [-0.39, 0.29) is 6.09 Å². The van der Waals surface area contributed by atoms with Gasteiger partial charge >= 0.3 is 6.09 Å². The second kappa shape index (κ2) is 8.92. The lowest BCUT2D eigenvalue weighted by atomic mass is 10.0. The minimum Gasteiger partial charge on any atom is -0.496 e. The first kappa shape index (κ1) is 23.8. The Bertz CT molecular complexity index is 1450. The van der Waals surface area contributed by atoms with E-state index in [0.717, 1.165) is 33.4 Å². The van der Waals surface area contributed by atoms with Crippen LogP contribution in [0.5, 0.6) is 5.75 Å². The molecule has 5 rings (SSSR count). The van der Waals surface area contributed by atoms with E-state index >= 15 is 0 Å². The third kappa shape index (κ3) is 4.50. The Morgan fingerprint density at radius 3 is 2.50 bits per heavy atom. The van der Waals surface area contributed by atoms with E-state index in [9.17, 15) is 4.79 Å². The first-order chi connectivity index (χ1) is 17.1. The molecule has 36 heavy (non-hydrogen) atoms. The van der Waals surface area contributed by atoms with Gasteiger partial charge in [0.1, 0.15) is 22.7 Å². The lowest BCUT2D eigenvalue weighted by Gasteiger charge is -2.36. The maximum atomic E-state index is 12.4. The summed E-state index contributed by atoms with van der Waals surface area (Å²) in [6.07, 6.45) is 3.45. The molecule has 0 radical (unpaired) electrons. The molecule has 1 amide bonds. The lowest BCUT2D eigenvalue weighted by molar-refractivity contribution is 0.0240. The number of benzene rings is 1. The van der Waals surface area contributed by atoms with Gasteiger partial charge in [0.15, 0.2) is 5.82 Å². The second-order valence-corrected chi connectivity index (χ2v) is 10.0. The molecule has 0 bridgehead atoms. The molecule has 10 heteroatoms. The summed E-state index contributed by atoms with van der Waals surface area (Å²) in [5.41, 5.74) is 3.63. The molecule has 1 saturated heterocycles. The lowest BCUT2D eigenvalue weighted by Crippen LogP contribution is -2.50. The second-order valence-electron chi connectivity index (χ2n) is 10.0. The molecule has 4 aromatic rings. The number of anilines is 1. The summed E-state index contributed by atoms with van der Waals surface area (Å²) in [6.45, 7) is 10.2.